The first-order valence-electron chi connectivity index (χ1n) is 9.57. The molecule has 1 N–H and O–H groups in total. The number of carbonyl (C=O) groups is 3. The van der Waals surface area contributed by atoms with Gasteiger partial charge in [0, 0.05) is 31.5 Å². The van der Waals surface area contributed by atoms with Gasteiger partial charge in [-0.25, -0.2) is 0 Å². The topological polar surface area (TPSA) is 88.2 Å². The Labute approximate surface area is 164 Å². The monoisotopic (exact) mass is 389 g/mol. The number of likely N-dealkylation sites (N-methyl/N-ethyl adjacent to an activating group) is 1. The average Bonchev–Trinajstić information content (AvgIpc) is 3.43. The van der Waals surface area contributed by atoms with Crippen LogP contribution in [0.4, 0.5) is 11.4 Å². The zero-order valence-electron chi connectivity index (χ0n) is 16.3. The maximum atomic E-state index is 12.2. The third kappa shape index (κ3) is 5.45. The molecular weight excluding hydrogens is 362 g/mol. The van der Waals surface area contributed by atoms with E-state index in [2.05, 4.69) is 10.2 Å². The van der Waals surface area contributed by atoms with Gasteiger partial charge in [0.2, 0.25) is 5.91 Å². The number of hydrogen-bond acceptors (Lipinski definition) is 6. The minimum Gasteiger partial charge on any atom is -0.455 e. The van der Waals surface area contributed by atoms with Crippen molar-refractivity contribution in [1.82, 2.24) is 4.90 Å². The number of esters is 1. The smallest absolute Gasteiger partial charge is 0.309 e. The zero-order valence-corrected chi connectivity index (χ0v) is 16.3. The van der Waals surface area contributed by atoms with Crippen LogP contribution in [0.5, 0.6) is 0 Å². The molecule has 0 radical (unpaired) electrons. The van der Waals surface area contributed by atoms with Crippen molar-refractivity contribution in [2.24, 2.45) is 11.8 Å². The highest BCUT2D eigenvalue weighted by Gasteiger charge is 2.40. The molecule has 2 aliphatic rings. The van der Waals surface area contributed by atoms with Crippen LogP contribution >= 0.6 is 0 Å². The molecule has 1 aromatic rings. The summed E-state index contributed by atoms with van der Waals surface area (Å²) in [5.74, 6) is -0.793. The lowest BCUT2D eigenvalue weighted by Crippen LogP contribution is -2.37. The average molecular weight is 389 g/mol. The van der Waals surface area contributed by atoms with Gasteiger partial charge in [-0.05, 0) is 36.6 Å². The first-order valence-corrected chi connectivity index (χ1v) is 9.57. The highest BCUT2D eigenvalue weighted by atomic mass is 16.5. The van der Waals surface area contributed by atoms with E-state index in [1.807, 2.05) is 31.2 Å². The van der Waals surface area contributed by atoms with E-state index in [9.17, 15) is 14.4 Å². The van der Waals surface area contributed by atoms with Crippen LogP contribution in [0, 0.1) is 11.8 Å². The fourth-order valence-corrected chi connectivity index (χ4v) is 3.08. The second-order valence-corrected chi connectivity index (χ2v) is 7.37. The van der Waals surface area contributed by atoms with E-state index in [0.717, 1.165) is 25.2 Å². The number of carbonyl (C=O) groups excluding carboxylic acids is 3. The highest BCUT2D eigenvalue weighted by molar-refractivity contribution is 5.95. The SMILES string of the molecule is C[C@H]1C[C@H]1C(=O)OCC(=O)N(C)CC(=O)Nc1ccc(N2CCOCC2)cc1. The van der Waals surface area contributed by atoms with E-state index in [4.69, 9.17) is 9.47 Å². The molecule has 0 bridgehead atoms. The summed E-state index contributed by atoms with van der Waals surface area (Å²) in [5, 5.41) is 2.77. The third-order valence-electron chi connectivity index (χ3n) is 5.08. The van der Waals surface area contributed by atoms with Crippen LogP contribution in [0.25, 0.3) is 0 Å². The number of benzene rings is 1. The molecule has 8 nitrogen and oxygen atoms in total. The molecule has 2 atom stereocenters. The van der Waals surface area contributed by atoms with Gasteiger partial charge < -0.3 is 24.6 Å². The Morgan fingerprint density at radius 3 is 2.46 bits per heavy atom. The molecular formula is C20H27N3O5. The molecule has 1 heterocycles. The number of amides is 2. The normalized spacial score (nSPS) is 21.0. The number of nitrogens with zero attached hydrogens (tertiary/aromatic N) is 2. The molecule has 1 aromatic carbocycles. The Morgan fingerprint density at radius 1 is 1.21 bits per heavy atom. The predicted octanol–water partition coefficient (Wildman–Crippen LogP) is 1.12. The van der Waals surface area contributed by atoms with Gasteiger partial charge in [-0.1, -0.05) is 6.92 Å². The molecule has 0 aromatic heterocycles. The highest BCUT2D eigenvalue weighted by Crippen LogP contribution is 2.38. The number of rotatable bonds is 7. The van der Waals surface area contributed by atoms with Crippen LogP contribution in [0.3, 0.4) is 0 Å². The lowest BCUT2D eigenvalue weighted by molar-refractivity contribution is -0.153. The van der Waals surface area contributed by atoms with E-state index in [0.29, 0.717) is 24.8 Å². The molecule has 8 heteroatoms. The minimum atomic E-state index is -0.403. The molecule has 1 aliphatic carbocycles. The van der Waals surface area contributed by atoms with Crippen molar-refractivity contribution < 1.29 is 23.9 Å². The molecule has 152 valence electrons. The van der Waals surface area contributed by atoms with E-state index >= 15 is 0 Å². The zero-order chi connectivity index (χ0) is 20.1. The molecule has 1 saturated carbocycles. The Kier molecular flexibility index (Phi) is 6.51. The molecule has 0 unspecified atom stereocenters. The molecule has 1 saturated heterocycles. The fourth-order valence-electron chi connectivity index (χ4n) is 3.08. The van der Waals surface area contributed by atoms with Gasteiger partial charge in [0.25, 0.3) is 5.91 Å². The van der Waals surface area contributed by atoms with Gasteiger partial charge in [-0.2, -0.15) is 0 Å². The van der Waals surface area contributed by atoms with Crippen molar-refractivity contribution >= 4 is 29.2 Å². The summed E-state index contributed by atoms with van der Waals surface area (Å²) in [6.45, 7) is 4.66. The van der Waals surface area contributed by atoms with Crippen LogP contribution < -0.4 is 10.2 Å². The van der Waals surface area contributed by atoms with Gasteiger partial charge >= 0.3 is 5.97 Å². The van der Waals surface area contributed by atoms with Gasteiger partial charge in [0.15, 0.2) is 6.61 Å². The second-order valence-electron chi connectivity index (χ2n) is 7.37. The summed E-state index contributed by atoms with van der Waals surface area (Å²) in [6.07, 6.45) is 0.815. The summed E-state index contributed by atoms with van der Waals surface area (Å²) in [7, 11) is 1.51. The first kappa shape index (κ1) is 20.1. The third-order valence-corrected chi connectivity index (χ3v) is 5.08. The van der Waals surface area contributed by atoms with Crippen LogP contribution in [-0.2, 0) is 23.9 Å². The van der Waals surface area contributed by atoms with Crippen molar-refractivity contribution in [3.8, 4) is 0 Å². The lowest BCUT2D eigenvalue weighted by Gasteiger charge is -2.28. The maximum Gasteiger partial charge on any atom is 0.309 e. The summed E-state index contributed by atoms with van der Waals surface area (Å²) < 4.78 is 10.4. The largest absolute Gasteiger partial charge is 0.455 e. The standard InChI is InChI=1S/C20H27N3O5/c1-14-11-17(14)20(26)28-13-19(25)22(2)12-18(24)21-15-3-5-16(6-4-15)23-7-9-27-10-8-23/h3-6,14,17H,7-13H2,1-2H3,(H,21,24)/t14-,17+/m0/s1. The Morgan fingerprint density at radius 2 is 1.86 bits per heavy atom. The van der Waals surface area contributed by atoms with Crippen molar-refractivity contribution in [3.05, 3.63) is 24.3 Å². The summed E-state index contributed by atoms with van der Waals surface area (Å²) in [5.41, 5.74) is 1.75. The number of morpholine rings is 1. The minimum absolute atomic E-state index is 0.0816. The maximum absolute atomic E-state index is 12.2. The molecule has 3 rings (SSSR count). The second kappa shape index (κ2) is 9.05. The number of anilines is 2. The Hall–Kier alpha value is -2.61. The Balaban J connectivity index is 1.41. The number of hydrogen-bond donors (Lipinski definition) is 1. The summed E-state index contributed by atoms with van der Waals surface area (Å²) >= 11 is 0. The van der Waals surface area contributed by atoms with E-state index in [1.54, 1.807) is 0 Å². The lowest BCUT2D eigenvalue weighted by atomic mass is 10.2. The first-order chi connectivity index (χ1) is 13.4. The van der Waals surface area contributed by atoms with E-state index < -0.39 is 5.91 Å². The van der Waals surface area contributed by atoms with Crippen LogP contribution in [0.2, 0.25) is 0 Å². The molecule has 28 heavy (non-hydrogen) atoms. The van der Waals surface area contributed by atoms with Crippen molar-refractivity contribution in [1.29, 1.82) is 0 Å². The number of ether oxygens (including phenoxy) is 2. The molecule has 2 amide bonds. The van der Waals surface area contributed by atoms with Gasteiger partial charge in [-0.15, -0.1) is 0 Å². The van der Waals surface area contributed by atoms with Crippen LogP contribution in [0.1, 0.15) is 13.3 Å². The van der Waals surface area contributed by atoms with Gasteiger partial charge in [0.05, 0.1) is 25.7 Å². The van der Waals surface area contributed by atoms with Gasteiger partial charge in [-0.3, -0.25) is 14.4 Å². The summed E-state index contributed by atoms with van der Waals surface area (Å²) in [6, 6.07) is 7.58. The molecule has 1 aliphatic heterocycles. The Bertz CT molecular complexity index is 715. The summed E-state index contributed by atoms with van der Waals surface area (Å²) in [4.78, 5) is 39.4. The van der Waals surface area contributed by atoms with Crippen LogP contribution in [0.15, 0.2) is 24.3 Å². The van der Waals surface area contributed by atoms with E-state index in [-0.39, 0.29) is 30.9 Å². The van der Waals surface area contributed by atoms with Crippen LogP contribution in [-0.4, -0.2) is 69.2 Å². The van der Waals surface area contributed by atoms with Gasteiger partial charge in [0.1, 0.15) is 0 Å². The quantitative estimate of drug-likeness (QED) is 0.703. The number of nitrogens with one attached hydrogen (secondary N) is 1. The van der Waals surface area contributed by atoms with Crippen molar-refractivity contribution in [2.45, 2.75) is 13.3 Å². The van der Waals surface area contributed by atoms with Crippen molar-refractivity contribution in [2.75, 3.05) is 56.7 Å². The van der Waals surface area contributed by atoms with Crippen molar-refractivity contribution in [3.63, 3.8) is 0 Å². The fraction of sp³-hybridized carbons (Fsp3) is 0.550. The molecule has 0 spiro atoms. The predicted molar refractivity (Wildman–Crippen MR) is 104 cm³/mol. The van der Waals surface area contributed by atoms with E-state index in [1.165, 1.54) is 11.9 Å². The molecule has 2 fully saturated rings.